The van der Waals surface area contributed by atoms with Crippen molar-refractivity contribution in [3.8, 4) is 0 Å². The van der Waals surface area contributed by atoms with Crippen molar-refractivity contribution in [2.24, 2.45) is 5.92 Å². The molecule has 9 heteroatoms. The summed E-state index contributed by atoms with van der Waals surface area (Å²) in [6.45, 7) is 1.41. The van der Waals surface area contributed by atoms with Gasteiger partial charge in [-0.15, -0.1) is 0 Å². The number of fused-ring (bicyclic) bond motifs is 2. The predicted octanol–water partition coefficient (Wildman–Crippen LogP) is 2.98. The number of morpholine rings is 1. The lowest BCUT2D eigenvalue weighted by molar-refractivity contribution is -0.183. The Balaban J connectivity index is 1.23. The maximum absolute atomic E-state index is 13.1. The third kappa shape index (κ3) is 5.99. The van der Waals surface area contributed by atoms with Gasteiger partial charge in [-0.05, 0) is 50.0 Å². The summed E-state index contributed by atoms with van der Waals surface area (Å²) in [4.78, 5) is 38.4. The average Bonchev–Trinajstić information content (AvgIpc) is 3.34. The Morgan fingerprint density at radius 3 is 2.76 bits per heavy atom. The van der Waals surface area contributed by atoms with E-state index in [1.165, 1.54) is 18.4 Å². The lowest BCUT2D eigenvalue weighted by Gasteiger charge is -2.47. The van der Waals surface area contributed by atoms with Crippen molar-refractivity contribution in [2.75, 3.05) is 19.7 Å². The van der Waals surface area contributed by atoms with E-state index in [4.69, 9.17) is 14.7 Å². The number of hydroxylamine groups is 1. The maximum Gasteiger partial charge on any atom is 0.407 e. The first-order valence-corrected chi connectivity index (χ1v) is 12.7. The fraction of sp³-hybridized carbons (Fsp3) is 0.720. The molecule has 34 heavy (non-hydrogen) atoms. The molecular formula is C25H37N3O6. The molecule has 2 amide bonds. The van der Waals surface area contributed by atoms with Crippen LogP contribution in [0.1, 0.15) is 70.6 Å². The zero-order valence-corrected chi connectivity index (χ0v) is 19.8. The van der Waals surface area contributed by atoms with Crippen LogP contribution in [0.4, 0.5) is 4.79 Å². The molecule has 4 aliphatic rings. The van der Waals surface area contributed by atoms with Gasteiger partial charge in [-0.2, -0.15) is 0 Å². The van der Waals surface area contributed by atoms with E-state index in [9.17, 15) is 14.4 Å². The molecule has 0 radical (unpaired) electrons. The largest absolute Gasteiger partial charge is 0.459 e. The number of esters is 1. The van der Waals surface area contributed by atoms with Crippen LogP contribution < -0.4 is 10.8 Å². The molecule has 2 aliphatic carbocycles. The van der Waals surface area contributed by atoms with E-state index in [-0.39, 0.29) is 31.1 Å². The summed E-state index contributed by atoms with van der Waals surface area (Å²) in [5, 5.41) is 11.2. The van der Waals surface area contributed by atoms with Crippen LogP contribution in [0.2, 0.25) is 0 Å². The van der Waals surface area contributed by atoms with Crippen LogP contribution in [0, 0.1) is 5.92 Å². The van der Waals surface area contributed by atoms with E-state index in [1.54, 1.807) is 5.48 Å². The number of amides is 2. The number of carbonyl (C=O) groups is 3. The maximum atomic E-state index is 13.1. The summed E-state index contributed by atoms with van der Waals surface area (Å²) in [7, 11) is 0. The second kappa shape index (κ2) is 11.4. The molecule has 1 spiro atoms. The lowest BCUT2D eigenvalue weighted by Crippen LogP contribution is -2.64. The molecule has 3 N–H and O–H groups in total. The van der Waals surface area contributed by atoms with Crippen LogP contribution in [0.5, 0.6) is 0 Å². The van der Waals surface area contributed by atoms with Crippen molar-refractivity contribution in [1.82, 2.24) is 15.7 Å². The van der Waals surface area contributed by atoms with Gasteiger partial charge in [0, 0.05) is 25.9 Å². The van der Waals surface area contributed by atoms with Crippen molar-refractivity contribution < 1.29 is 29.1 Å². The van der Waals surface area contributed by atoms with Crippen LogP contribution in [-0.4, -0.2) is 65.5 Å². The molecule has 0 unspecified atom stereocenters. The standard InChI is InChI=1S/C25H37N3O6/c29-22(27-32)6-2-1-5-14-26-24(31)33-15-11-21-20-16-19(10-9-18-7-8-18)17-28(20)25(23(30)34-21)12-3-4-13-25/h9-10,16,18,20-21,32H,1-8,11-15,17H2,(H,26,31)(H,27,29)/b10-9+/t20-,21+/m1/s1. The Morgan fingerprint density at radius 2 is 2.03 bits per heavy atom. The highest BCUT2D eigenvalue weighted by Gasteiger charge is 2.56. The molecule has 0 aromatic rings. The van der Waals surface area contributed by atoms with Crippen molar-refractivity contribution in [2.45, 2.75) is 88.3 Å². The van der Waals surface area contributed by atoms with Gasteiger partial charge >= 0.3 is 12.1 Å². The van der Waals surface area contributed by atoms with Crippen molar-refractivity contribution >= 4 is 18.0 Å². The minimum absolute atomic E-state index is 0.0254. The highest BCUT2D eigenvalue weighted by molar-refractivity contribution is 5.83. The van der Waals surface area contributed by atoms with Gasteiger partial charge in [0.25, 0.3) is 0 Å². The fourth-order valence-electron chi connectivity index (χ4n) is 5.33. The first kappa shape index (κ1) is 24.7. The molecule has 1 saturated heterocycles. The Kier molecular flexibility index (Phi) is 8.26. The number of hydrogen-bond acceptors (Lipinski definition) is 7. The first-order chi connectivity index (χ1) is 16.5. The van der Waals surface area contributed by atoms with Gasteiger partial charge in [-0.25, -0.2) is 10.3 Å². The average molecular weight is 476 g/mol. The highest BCUT2D eigenvalue weighted by atomic mass is 16.6. The molecule has 2 heterocycles. The minimum Gasteiger partial charge on any atom is -0.459 e. The van der Waals surface area contributed by atoms with Crippen LogP contribution in [0.3, 0.4) is 0 Å². The lowest BCUT2D eigenvalue weighted by atomic mass is 9.89. The number of nitrogens with zero attached hydrogens (tertiary/aromatic N) is 1. The number of carbonyl (C=O) groups excluding carboxylic acids is 3. The monoisotopic (exact) mass is 475 g/mol. The summed E-state index contributed by atoms with van der Waals surface area (Å²) in [5.41, 5.74) is 2.35. The van der Waals surface area contributed by atoms with E-state index < -0.39 is 17.5 Å². The highest BCUT2D eigenvalue weighted by Crippen LogP contribution is 2.45. The SMILES string of the molecule is O=C(CCCCCNC(=O)OCC[C@@H]1OC(=O)C2(CCCC2)N2CC(/C=C/C3CC3)=C[C@H]12)NO. The van der Waals surface area contributed by atoms with E-state index >= 15 is 0 Å². The molecule has 2 atom stereocenters. The molecule has 9 nitrogen and oxygen atoms in total. The van der Waals surface area contributed by atoms with Crippen molar-refractivity contribution in [1.29, 1.82) is 0 Å². The van der Waals surface area contributed by atoms with E-state index in [1.807, 2.05) is 0 Å². The molecular weight excluding hydrogens is 438 g/mol. The van der Waals surface area contributed by atoms with Gasteiger partial charge in [0.1, 0.15) is 11.6 Å². The molecule has 2 aliphatic heterocycles. The van der Waals surface area contributed by atoms with E-state index in [0.717, 1.165) is 45.1 Å². The van der Waals surface area contributed by atoms with E-state index in [2.05, 4.69) is 28.4 Å². The number of hydrogen-bond donors (Lipinski definition) is 3. The van der Waals surface area contributed by atoms with Crippen LogP contribution in [0.15, 0.2) is 23.8 Å². The zero-order valence-electron chi connectivity index (χ0n) is 19.8. The number of unbranched alkanes of at least 4 members (excludes halogenated alkanes) is 2. The number of cyclic esters (lactones) is 1. The number of allylic oxidation sites excluding steroid dienone is 1. The zero-order chi connectivity index (χ0) is 24.0. The van der Waals surface area contributed by atoms with Gasteiger partial charge in [0.05, 0.1) is 12.6 Å². The summed E-state index contributed by atoms with van der Waals surface area (Å²) < 4.78 is 11.3. The van der Waals surface area contributed by atoms with Crippen LogP contribution >= 0.6 is 0 Å². The van der Waals surface area contributed by atoms with Gasteiger partial charge in [0.2, 0.25) is 5.91 Å². The first-order valence-electron chi connectivity index (χ1n) is 12.7. The third-order valence-electron chi connectivity index (χ3n) is 7.41. The summed E-state index contributed by atoms with van der Waals surface area (Å²) in [5.74, 6) is 0.183. The van der Waals surface area contributed by atoms with Gasteiger partial charge in [-0.1, -0.05) is 37.5 Å². The molecule has 0 aromatic carbocycles. The molecule has 0 aromatic heterocycles. The number of alkyl carbamates (subject to hydrolysis) is 1. The Morgan fingerprint density at radius 1 is 1.24 bits per heavy atom. The predicted molar refractivity (Wildman–Crippen MR) is 124 cm³/mol. The summed E-state index contributed by atoms with van der Waals surface area (Å²) in [6, 6.07) is 0.0254. The molecule has 2 saturated carbocycles. The van der Waals surface area contributed by atoms with Crippen molar-refractivity contribution in [3.05, 3.63) is 23.8 Å². The third-order valence-corrected chi connectivity index (χ3v) is 7.41. The second-order valence-electron chi connectivity index (χ2n) is 9.94. The van der Waals surface area contributed by atoms with Crippen LogP contribution in [-0.2, 0) is 19.1 Å². The molecule has 4 rings (SSSR count). The topological polar surface area (TPSA) is 117 Å². The number of nitrogens with one attached hydrogen (secondary N) is 2. The Hall–Kier alpha value is -2.39. The number of rotatable bonds is 11. The van der Waals surface area contributed by atoms with Crippen molar-refractivity contribution in [3.63, 3.8) is 0 Å². The smallest absolute Gasteiger partial charge is 0.407 e. The molecule has 3 fully saturated rings. The van der Waals surface area contributed by atoms with Gasteiger partial charge in [0.15, 0.2) is 0 Å². The summed E-state index contributed by atoms with van der Waals surface area (Å²) in [6.07, 6.45) is 15.1. The van der Waals surface area contributed by atoms with Crippen LogP contribution in [0.25, 0.3) is 0 Å². The normalized spacial score (nSPS) is 25.8. The van der Waals surface area contributed by atoms with Gasteiger partial charge in [-0.3, -0.25) is 19.7 Å². The quantitative estimate of drug-likeness (QED) is 0.182. The fourth-order valence-corrected chi connectivity index (χ4v) is 5.33. The van der Waals surface area contributed by atoms with Gasteiger partial charge < -0.3 is 14.8 Å². The Bertz CT molecular complexity index is 815. The second-order valence-corrected chi connectivity index (χ2v) is 9.94. The molecule has 0 bridgehead atoms. The number of ether oxygens (including phenoxy) is 2. The molecule has 188 valence electrons. The van der Waals surface area contributed by atoms with E-state index in [0.29, 0.717) is 25.3 Å². The summed E-state index contributed by atoms with van der Waals surface area (Å²) >= 11 is 0. The minimum atomic E-state index is -0.497. The Labute approximate surface area is 200 Å².